The predicted octanol–water partition coefficient (Wildman–Crippen LogP) is 3.77. The van der Waals surface area contributed by atoms with Crippen LogP contribution in [0.15, 0.2) is 30.5 Å². The molecule has 1 aliphatic rings. The molecule has 2 aromatic rings. The molecule has 0 unspecified atom stereocenters. The number of hydrogen-bond acceptors (Lipinski definition) is 5. The van der Waals surface area contributed by atoms with E-state index in [0.29, 0.717) is 0 Å². The van der Waals surface area contributed by atoms with Gasteiger partial charge in [0, 0.05) is 28.9 Å². The second kappa shape index (κ2) is 8.78. The van der Waals surface area contributed by atoms with Gasteiger partial charge in [-0.3, -0.25) is 14.6 Å². The fourth-order valence-electron chi connectivity index (χ4n) is 3.90. The molecule has 0 radical (unpaired) electrons. The summed E-state index contributed by atoms with van der Waals surface area (Å²) in [6, 6.07) is 5.27. The summed E-state index contributed by atoms with van der Waals surface area (Å²) in [6.45, 7) is 3.54. The Kier molecular flexibility index (Phi) is 6.45. The van der Waals surface area contributed by atoms with Crippen LogP contribution in [0.4, 0.5) is 18.9 Å². The van der Waals surface area contributed by atoms with Crippen LogP contribution in [0, 0.1) is 18.7 Å². The van der Waals surface area contributed by atoms with Crippen molar-refractivity contribution in [1.29, 1.82) is 0 Å². The number of carbonyl (C=O) groups excluding carboxylic acids is 2. The van der Waals surface area contributed by atoms with E-state index in [1.807, 2.05) is 6.92 Å². The second-order valence-corrected chi connectivity index (χ2v) is 8.21. The molecular formula is C22H24F3N3O4. The van der Waals surface area contributed by atoms with E-state index in [4.69, 9.17) is 10.5 Å². The van der Waals surface area contributed by atoms with Crippen LogP contribution in [-0.2, 0) is 9.53 Å². The van der Waals surface area contributed by atoms with Crippen molar-refractivity contribution < 1.29 is 32.2 Å². The molecule has 0 bridgehead atoms. The van der Waals surface area contributed by atoms with Gasteiger partial charge in [0.25, 0.3) is 11.8 Å². The Hall–Kier alpha value is -3.14. The first-order chi connectivity index (χ1) is 14.9. The third-order valence-electron chi connectivity index (χ3n) is 5.87. The number of aromatic nitrogens is 1. The topological polar surface area (TPSA) is 104 Å². The van der Waals surface area contributed by atoms with E-state index in [1.54, 1.807) is 13.8 Å². The Balaban J connectivity index is 2.01. The smallest absolute Gasteiger partial charge is 0.387 e. The fraction of sp³-hybridized carbons (Fsp3) is 0.409. The summed E-state index contributed by atoms with van der Waals surface area (Å²) in [4.78, 5) is 28.3. The SMILES string of the molecule is Cc1c(F)ccc([C@H]2[C@H](C(=O)Nc3ccnc(C(N)=O)c3)OC(C)(C)[C@H]2C)c1OC(F)F. The van der Waals surface area contributed by atoms with Crippen molar-refractivity contribution in [3.63, 3.8) is 0 Å². The predicted molar refractivity (Wildman–Crippen MR) is 110 cm³/mol. The van der Waals surface area contributed by atoms with Crippen molar-refractivity contribution in [2.24, 2.45) is 11.7 Å². The molecule has 0 saturated carbocycles. The van der Waals surface area contributed by atoms with E-state index in [2.05, 4.69) is 15.0 Å². The number of pyridine rings is 1. The highest BCUT2D eigenvalue weighted by molar-refractivity contribution is 5.97. The van der Waals surface area contributed by atoms with Gasteiger partial charge in [-0.15, -0.1) is 0 Å². The number of alkyl halides is 2. The highest BCUT2D eigenvalue weighted by atomic mass is 19.3. The number of rotatable bonds is 6. The number of nitrogens with two attached hydrogens (primary N) is 1. The van der Waals surface area contributed by atoms with E-state index >= 15 is 0 Å². The molecule has 1 aliphatic heterocycles. The minimum absolute atomic E-state index is 0.0397. The first-order valence-corrected chi connectivity index (χ1v) is 9.90. The second-order valence-electron chi connectivity index (χ2n) is 8.21. The Bertz CT molecular complexity index is 1050. The van der Waals surface area contributed by atoms with Crippen molar-refractivity contribution in [2.45, 2.75) is 51.9 Å². The number of ether oxygens (including phenoxy) is 2. The molecule has 3 N–H and O–H groups in total. The van der Waals surface area contributed by atoms with E-state index in [-0.39, 0.29) is 34.2 Å². The largest absolute Gasteiger partial charge is 0.434 e. The molecule has 0 spiro atoms. The highest BCUT2D eigenvalue weighted by Gasteiger charge is 2.51. The maximum atomic E-state index is 14.1. The van der Waals surface area contributed by atoms with Gasteiger partial charge in [0.1, 0.15) is 23.4 Å². The molecule has 2 amide bonds. The van der Waals surface area contributed by atoms with Gasteiger partial charge in [0.2, 0.25) is 0 Å². The summed E-state index contributed by atoms with van der Waals surface area (Å²) in [6.07, 6.45) is 0.211. The van der Waals surface area contributed by atoms with Crippen LogP contribution >= 0.6 is 0 Å². The lowest BCUT2D eigenvalue weighted by Gasteiger charge is -2.26. The zero-order valence-electron chi connectivity index (χ0n) is 18.0. The number of hydrogen-bond donors (Lipinski definition) is 2. The van der Waals surface area contributed by atoms with Crippen LogP contribution in [0.1, 0.15) is 48.3 Å². The molecule has 2 heterocycles. The molecule has 1 fully saturated rings. The van der Waals surface area contributed by atoms with Crippen molar-refractivity contribution in [2.75, 3.05) is 5.32 Å². The summed E-state index contributed by atoms with van der Waals surface area (Å²) in [5.41, 5.74) is 4.81. The number of halogens is 3. The lowest BCUT2D eigenvalue weighted by molar-refractivity contribution is -0.131. The zero-order chi connectivity index (χ0) is 23.8. The number of amides is 2. The molecule has 0 aliphatic carbocycles. The number of nitrogens with one attached hydrogen (secondary N) is 1. The molecule has 32 heavy (non-hydrogen) atoms. The van der Waals surface area contributed by atoms with E-state index in [0.717, 1.165) is 6.07 Å². The van der Waals surface area contributed by atoms with Crippen LogP contribution < -0.4 is 15.8 Å². The van der Waals surface area contributed by atoms with Gasteiger partial charge in [0.05, 0.1) is 5.60 Å². The van der Waals surface area contributed by atoms with Gasteiger partial charge in [-0.05, 0) is 44.9 Å². The highest BCUT2D eigenvalue weighted by Crippen LogP contribution is 2.49. The van der Waals surface area contributed by atoms with Crippen molar-refractivity contribution in [3.05, 3.63) is 53.1 Å². The lowest BCUT2D eigenvalue weighted by Crippen LogP contribution is -2.33. The van der Waals surface area contributed by atoms with Crippen LogP contribution in [0.2, 0.25) is 0 Å². The Labute approximate surface area is 183 Å². The number of carbonyl (C=O) groups is 2. The first kappa shape index (κ1) is 23.5. The quantitative estimate of drug-likeness (QED) is 0.696. The fourth-order valence-corrected chi connectivity index (χ4v) is 3.90. The van der Waals surface area contributed by atoms with Crippen LogP contribution in [-0.4, -0.2) is 35.1 Å². The van der Waals surface area contributed by atoms with Gasteiger partial charge in [-0.2, -0.15) is 8.78 Å². The Morgan fingerprint density at radius 3 is 2.59 bits per heavy atom. The summed E-state index contributed by atoms with van der Waals surface area (Å²) in [5.74, 6) is -3.37. The average Bonchev–Trinajstić information content (AvgIpc) is 2.95. The summed E-state index contributed by atoms with van der Waals surface area (Å²) in [5, 5.41) is 2.65. The first-order valence-electron chi connectivity index (χ1n) is 9.90. The normalized spacial score (nSPS) is 22.1. The number of benzene rings is 1. The summed E-state index contributed by atoms with van der Waals surface area (Å²) >= 11 is 0. The van der Waals surface area contributed by atoms with Crippen molar-refractivity contribution in [3.8, 4) is 5.75 Å². The summed E-state index contributed by atoms with van der Waals surface area (Å²) in [7, 11) is 0. The van der Waals surface area contributed by atoms with Gasteiger partial charge < -0.3 is 20.5 Å². The number of nitrogens with zero attached hydrogens (tertiary/aromatic N) is 1. The number of anilines is 1. The molecule has 10 heteroatoms. The van der Waals surface area contributed by atoms with Crippen molar-refractivity contribution >= 4 is 17.5 Å². The van der Waals surface area contributed by atoms with Gasteiger partial charge >= 0.3 is 6.61 Å². The van der Waals surface area contributed by atoms with E-state index in [9.17, 15) is 22.8 Å². The average molecular weight is 451 g/mol. The monoisotopic (exact) mass is 451 g/mol. The molecular weight excluding hydrogens is 427 g/mol. The minimum Gasteiger partial charge on any atom is -0.434 e. The molecule has 1 aromatic heterocycles. The van der Waals surface area contributed by atoms with Crippen LogP contribution in [0.3, 0.4) is 0 Å². The third kappa shape index (κ3) is 4.55. The zero-order valence-corrected chi connectivity index (χ0v) is 18.0. The van der Waals surface area contributed by atoms with Gasteiger partial charge in [-0.25, -0.2) is 4.39 Å². The maximum Gasteiger partial charge on any atom is 0.387 e. The van der Waals surface area contributed by atoms with Gasteiger partial charge in [-0.1, -0.05) is 13.0 Å². The van der Waals surface area contributed by atoms with Crippen molar-refractivity contribution in [1.82, 2.24) is 4.98 Å². The van der Waals surface area contributed by atoms with E-state index < -0.39 is 41.9 Å². The standard InChI is InChI=1S/C22H24F3N3O4/c1-10-14(23)6-5-13(17(10)31-21(24)25)16-11(2)22(3,4)32-18(16)20(30)28-12-7-8-27-15(9-12)19(26)29/h5-9,11,16,18,21H,1-4H3,(H2,26,29)(H,27,28,30)/t11-,16-,18+/m0/s1. The summed E-state index contributed by atoms with van der Waals surface area (Å²) < 4.78 is 51.0. The molecule has 7 nitrogen and oxygen atoms in total. The van der Waals surface area contributed by atoms with E-state index in [1.165, 1.54) is 31.3 Å². The number of primary amides is 1. The third-order valence-corrected chi connectivity index (χ3v) is 5.87. The van der Waals surface area contributed by atoms with Crippen LogP contribution in [0.5, 0.6) is 5.75 Å². The molecule has 3 atom stereocenters. The Morgan fingerprint density at radius 2 is 1.97 bits per heavy atom. The lowest BCUT2D eigenvalue weighted by atomic mass is 9.77. The molecule has 3 rings (SSSR count). The molecule has 1 aromatic carbocycles. The maximum absolute atomic E-state index is 14.1. The Morgan fingerprint density at radius 1 is 1.28 bits per heavy atom. The van der Waals surface area contributed by atoms with Gasteiger partial charge in [0.15, 0.2) is 0 Å². The minimum atomic E-state index is -3.17. The molecule has 172 valence electrons. The van der Waals surface area contributed by atoms with Crippen LogP contribution in [0.25, 0.3) is 0 Å². The molecule has 1 saturated heterocycles.